The molecular formula is C5H6N4O3. The van der Waals surface area contributed by atoms with Crippen LogP contribution in [0.3, 0.4) is 0 Å². The lowest BCUT2D eigenvalue weighted by atomic mass is 10.6. The Hall–Kier alpha value is -1.76. The molecule has 7 heteroatoms. The molecule has 0 aliphatic heterocycles. The Morgan fingerprint density at radius 3 is 3.08 bits per heavy atom. The Bertz CT molecular complexity index is 333. The van der Waals surface area contributed by atoms with Gasteiger partial charge in [-0.2, -0.15) is 4.98 Å². The Morgan fingerprint density at radius 2 is 2.50 bits per heavy atom. The maximum atomic E-state index is 10.5. The van der Waals surface area contributed by atoms with E-state index >= 15 is 0 Å². The van der Waals surface area contributed by atoms with Gasteiger partial charge in [-0.15, -0.1) is 0 Å². The average molecular weight is 170 g/mol. The summed E-state index contributed by atoms with van der Waals surface area (Å²) in [7, 11) is 0. The number of rotatable bonds is 2. The monoisotopic (exact) mass is 170 g/mol. The van der Waals surface area contributed by atoms with Gasteiger partial charge in [-0.3, -0.25) is 15.1 Å². The summed E-state index contributed by atoms with van der Waals surface area (Å²) in [5, 5.41) is 10.4. The number of hydrogen-bond donors (Lipinski definition) is 3. The summed E-state index contributed by atoms with van der Waals surface area (Å²) >= 11 is 0. The first kappa shape index (κ1) is 8.34. The van der Waals surface area contributed by atoms with Crippen LogP contribution < -0.4 is 11.0 Å². The summed E-state index contributed by atoms with van der Waals surface area (Å²) in [6, 6.07) is 0. The molecule has 64 valence electrons. The molecule has 0 atom stereocenters. The van der Waals surface area contributed by atoms with Crippen molar-refractivity contribution in [1.82, 2.24) is 15.0 Å². The number of amides is 1. The highest BCUT2D eigenvalue weighted by Crippen LogP contribution is 1.87. The van der Waals surface area contributed by atoms with Crippen LogP contribution in [0.1, 0.15) is 0 Å². The van der Waals surface area contributed by atoms with E-state index < -0.39 is 18.2 Å². The molecule has 12 heavy (non-hydrogen) atoms. The third-order valence-electron chi connectivity index (χ3n) is 0.977. The summed E-state index contributed by atoms with van der Waals surface area (Å²) in [6.07, 6.45) is 1.10. The number of nitrogens with one attached hydrogen (secondary N) is 2. The van der Waals surface area contributed by atoms with Crippen molar-refractivity contribution < 1.29 is 9.90 Å². The number of aliphatic hydroxyl groups is 1. The second-order valence-electron chi connectivity index (χ2n) is 1.85. The first-order valence-corrected chi connectivity index (χ1v) is 3.05. The number of aliphatic hydroxyl groups excluding tert-OH is 1. The van der Waals surface area contributed by atoms with Crippen LogP contribution in [0.4, 0.5) is 5.95 Å². The van der Waals surface area contributed by atoms with Gasteiger partial charge in [0.2, 0.25) is 5.95 Å². The van der Waals surface area contributed by atoms with E-state index in [0.29, 0.717) is 0 Å². The Kier molecular flexibility index (Phi) is 2.49. The topological polar surface area (TPSA) is 108 Å². The molecular weight excluding hydrogens is 164 g/mol. The van der Waals surface area contributed by atoms with E-state index in [1.54, 1.807) is 0 Å². The van der Waals surface area contributed by atoms with Crippen molar-refractivity contribution in [3.8, 4) is 0 Å². The van der Waals surface area contributed by atoms with Gasteiger partial charge < -0.3 is 5.11 Å². The van der Waals surface area contributed by atoms with Crippen LogP contribution in [0.5, 0.6) is 0 Å². The quantitative estimate of drug-likeness (QED) is 0.480. The lowest BCUT2D eigenvalue weighted by Gasteiger charge is -1.97. The van der Waals surface area contributed by atoms with Crippen LogP contribution in [0, 0.1) is 0 Å². The predicted molar refractivity (Wildman–Crippen MR) is 38.4 cm³/mol. The summed E-state index contributed by atoms with van der Waals surface area (Å²) in [4.78, 5) is 30.1. The fraction of sp³-hybridized carbons (Fsp3) is 0.200. The van der Waals surface area contributed by atoms with Gasteiger partial charge in [-0.05, 0) is 0 Å². The molecule has 3 N–H and O–H groups in total. The molecule has 1 aromatic rings. The first-order chi connectivity index (χ1) is 5.72. The number of H-pyrrole nitrogens is 1. The number of aromatic amines is 1. The number of carbonyl (C=O) groups excluding carboxylic acids is 1. The van der Waals surface area contributed by atoms with Crippen molar-refractivity contribution in [2.24, 2.45) is 0 Å². The van der Waals surface area contributed by atoms with Gasteiger partial charge in [0.05, 0.1) is 0 Å². The molecule has 0 saturated heterocycles. The van der Waals surface area contributed by atoms with Crippen molar-refractivity contribution >= 4 is 11.9 Å². The van der Waals surface area contributed by atoms with E-state index in [-0.39, 0.29) is 5.95 Å². The largest absolute Gasteiger partial charge is 0.387 e. The molecule has 0 aliphatic carbocycles. The summed E-state index contributed by atoms with van der Waals surface area (Å²) in [5.41, 5.74) is -0.613. The van der Waals surface area contributed by atoms with Gasteiger partial charge >= 0.3 is 5.69 Å². The van der Waals surface area contributed by atoms with Gasteiger partial charge in [0, 0.05) is 0 Å². The minimum Gasteiger partial charge on any atom is -0.387 e. The van der Waals surface area contributed by atoms with Gasteiger partial charge in [-0.1, -0.05) is 0 Å². The fourth-order valence-corrected chi connectivity index (χ4v) is 0.530. The Labute approximate surface area is 66.5 Å². The van der Waals surface area contributed by atoms with Crippen LogP contribution in [0.2, 0.25) is 0 Å². The lowest BCUT2D eigenvalue weighted by Crippen LogP contribution is -2.21. The smallest absolute Gasteiger partial charge is 0.349 e. The number of carbonyl (C=O) groups is 1. The zero-order valence-electron chi connectivity index (χ0n) is 5.94. The summed E-state index contributed by atoms with van der Waals surface area (Å²) < 4.78 is 0. The maximum Gasteiger partial charge on any atom is 0.349 e. The molecule has 1 heterocycles. The van der Waals surface area contributed by atoms with E-state index in [2.05, 4.69) is 20.3 Å². The molecule has 0 saturated carbocycles. The van der Waals surface area contributed by atoms with E-state index in [4.69, 9.17) is 5.11 Å². The predicted octanol–water partition coefficient (Wildman–Crippen LogP) is -1.90. The molecule has 1 amide bonds. The van der Waals surface area contributed by atoms with E-state index in [0.717, 1.165) is 6.33 Å². The van der Waals surface area contributed by atoms with Crippen molar-refractivity contribution in [3.05, 3.63) is 16.8 Å². The van der Waals surface area contributed by atoms with Gasteiger partial charge in [0.25, 0.3) is 5.91 Å². The molecule has 0 fully saturated rings. The normalized spacial score (nSPS) is 9.42. The SMILES string of the molecule is O=C(CO)Nc1nc[nH]c(=O)n1. The molecule has 0 unspecified atom stereocenters. The molecule has 0 bridgehead atoms. The lowest BCUT2D eigenvalue weighted by molar-refractivity contribution is -0.118. The van der Waals surface area contributed by atoms with Crippen molar-refractivity contribution in [2.75, 3.05) is 11.9 Å². The van der Waals surface area contributed by atoms with Crippen LogP contribution >= 0.6 is 0 Å². The maximum absolute atomic E-state index is 10.5. The number of hydrogen-bond acceptors (Lipinski definition) is 5. The zero-order valence-corrected chi connectivity index (χ0v) is 5.94. The van der Waals surface area contributed by atoms with Crippen molar-refractivity contribution in [1.29, 1.82) is 0 Å². The average Bonchev–Trinajstić information content (AvgIpc) is 2.04. The van der Waals surface area contributed by atoms with E-state index in [1.165, 1.54) is 0 Å². The van der Waals surface area contributed by atoms with Gasteiger partial charge in [0.15, 0.2) is 0 Å². The van der Waals surface area contributed by atoms with Crippen LogP contribution in [-0.2, 0) is 4.79 Å². The van der Waals surface area contributed by atoms with Crippen LogP contribution in [0.25, 0.3) is 0 Å². The fourth-order valence-electron chi connectivity index (χ4n) is 0.530. The molecule has 7 nitrogen and oxygen atoms in total. The second kappa shape index (κ2) is 3.58. The number of aromatic nitrogens is 3. The zero-order chi connectivity index (χ0) is 8.97. The van der Waals surface area contributed by atoms with E-state index in [9.17, 15) is 9.59 Å². The highest BCUT2D eigenvalue weighted by atomic mass is 16.3. The highest BCUT2D eigenvalue weighted by Gasteiger charge is 2.01. The number of nitrogens with zero attached hydrogens (tertiary/aromatic N) is 2. The molecule has 0 aliphatic rings. The third kappa shape index (κ3) is 2.13. The molecule has 1 aromatic heterocycles. The molecule has 1 rings (SSSR count). The van der Waals surface area contributed by atoms with Crippen molar-refractivity contribution in [2.45, 2.75) is 0 Å². The summed E-state index contributed by atoms with van der Waals surface area (Å²) in [5.74, 6) is -0.793. The van der Waals surface area contributed by atoms with Crippen molar-refractivity contribution in [3.63, 3.8) is 0 Å². The minimum absolute atomic E-state index is 0.127. The van der Waals surface area contributed by atoms with Gasteiger partial charge in [0.1, 0.15) is 12.9 Å². The summed E-state index contributed by atoms with van der Waals surface area (Å²) in [6.45, 7) is -0.670. The first-order valence-electron chi connectivity index (χ1n) is 3.05. The highest BCUT2D eigenvalue weighted by molar-refractivity contribution is 5.89. The van der Waals surface area contributed by atoms with Crippen LogP contribution in [-0.4, -0.2) is 32.6 Å². The second-order valence-corrected chi connectivity index (χ2v) is 1.85. The van der Waals surface area contributed by atoms with Crippen LogP contribution in [0.15, 0.2) is 11.1 Å². The van der Waals surface area contributed by atoms with E-state index in [1.807, 2.05) is 0 Å². The molecule has 0 aromatic carbocycles. The number of anilines is 1. The standard InChI is InChI=1S/C5H6N4O3/c10-1-3(11)8-4-6-2-7-5(12)9-4/h2,10H,1H2,(H2,6,7,8,9,11,12). The molecule has 0 spiro atoms. The van der Waals surface area contributed by atoms with Gasteiger partial charge in [-0.25, -0.2) is 9.78 Å². The minimum atomic E-state index is -0.670. The third-order valence-corrected chi connectivity index (χ3v) is 0.977. The Balaban J connectivity index is 2.76. The molecule has 0 radical (unpaired) electrons. The Morgan fingerprint density at radius 1 is 1.75 bits per heavy atom.